The second-order valence-electron chi connectivity index (χ2n) is 9.97. The number of esters is 1. The molecule has 0 radical (unpaired) electrons. The van der Waals surface area contributed by atoms with Crippen molar-refractivity contribution in [2.45, 2.75) is 69.6 Å². The number of likely N-dealkylation sites (tertiary alicyclic amines) is 1. The van der Waals surface area contributed by atoms with Gasteiger partial charge in [-0.05, 0) is 70.2 Å². The highest BCUT2D eigenvalue weighted by Gasteiger charge is 2.52. The number of carbonyl (C=O) groups excluding carboxylic acids is 2. The lowest BCUT2D eigenvalue weighted by Crippen LogP contribution is -2.58. The highest BCUT2D eigenvalue weighted by atomic mass is 32.2. The van der Waals surface area contributed by atoms with Crippen LogP contribution in [0.4, 0.5) is 10.5 Å². The maximum Gasteiger partial charge on any atom is 0.411 e. The molecule has 39 heavy (non-hydrogen) atoms. The van der Waals surface area contributed by atoms with Gasteiger partial charge >= 0.3 is 12.1 Å². The first-order valence-electron chi connectivity index (χ1n) is 12.5. The van der Waals surface area contributed by atoms with E-state index in [9.17, 15) is 28.1 Å². The number of nitro benzene ring substituents is 1. The van der Waals surface area contributed by atoms with Gasteiger partial charge in [0.1, 0.15) is 5.60 Å². The molecule has 1 atom stereocenters. The second-order valence-corrected chi connectivity index (χ2v) is 11.6. The van der Waals surface area contributed by atoms with Crippen molar-refractivity contribution in [3.05, 3.63) is 69.8 Å². The van der Waals surface area contributed by atoms with Crippen molar-refractivity contribution in [2.24, 2.45) is 0 Å². The second kappa shape index (κ2) is 12.1. The Labute approximate surface area is 227 Å². The molecule has 3 rings (SSSR count). The third-order valence-corrected chi connectivity index (χ3v) is 7.28. The Morgan fingerprint density at radius 1 is 1.13 bits per heavy atom. The van der Waals surface area contributed by atoms with Crippen LogP contribution in [0.25, 0.3) is 0 Å². The van der Waals surface area contributed by atoms with E-state index in [1.807, 2.05) is 4.89 Å². The summed E-state index contributed by atoms with van der Waals surface area (Å²) in [4.78, 5) is 45.3. The van der Waals surface area contributed by atoms with E-state index in [0.29, 0.717) is 18.4 Å². The van der Waals surface area contributed by atoms with E-state index in [4.69, 9.17) is 14.3 Å². The molecular weight excluding hydrogens is 530 g/mol. The molecule has 1 aliphatic rings. The number of nitro groups is 1. The van der Waals surface area contributed by atoms with Crippen LogP contribution in [-0.2, 0) is 41.3 Å². The summed E-state index contributed by atoms with van der Waals surface area (Å²) >= 11 is 0. The van der Waals surface area contributed by atoms with Crippen LogP contribution in [0, 0.1) is 10.1 Å². The fourth-order valence-electron chi connectivity index (χ4n) is 4.37. The molecule has 1 saturated heterocycles. The minimum absolute atomic E-state index is 0.00421. The average molecular weight is 564 g/mol. The van der Waals surface area contributed by atoms with E-state index in [1.165, 1.54) is 11.0 Å². The number of hydrogen-bond donors (Lipinski definition) is 1. The Morgan fingerprint density at radius 3 is 2.44 bits per heavy atom. The largest absolute Gasteiger partial charge is 0.464 e. The Morgan fingerprint density at radius 2 is 1.82 bits per heavy atom. The van der Waals surface area contributed by atoms with Gasteiger partial charge in [0.05, 0.1) is 18.1 Å². The summed E-state index contributed by atoms with van der Waals surface area (Å²) in [6, 6.07) is 12.0. The molecule has 0 saturated carbocycles. The molecule has 2 aromatic carbocycles. The van der Waals surface area contributed by atoms with E-state index in [0.717, 1.165) is 12.1 Å². The Kier molecular flexibility index (Phi) is 9.30. The van der Waals surface area contributed by atoms with Gasteiger partial charge in [0.15, 0.2) is 10.4 Å². The van der Waals surface area contributed by atoms with Crippen molar-refractivity contribution in [2.75, 3.05) is 13.2 Å². The third-order valence-electron chi connectivity index (χ3n) is 6.03. The van der Waals surface area contributed by atoms with Crippen molar-refractivity contribution < 1.29 is 37.2 Å². The summed E-state index contributed by atoms with van der Waals surface area (Å²) in [7, 11) is -4.60. The lowest BCUT2D eigenvalue weighted by Gasteiger charge is -2.45. The monoisotopic (exact) mass is 563 g/mol. The summed E-state index contributed by atoms with van der Waals surface area (Å²) in [5.74, 6) is -0.791. The van der Waals surface area contributed by atoms with Crippen LogP contribution in [0.5, 0.6) is 0 Å². The molecule has 212 valence electrons. The molecular formula is C26H33N3O9S. The SMILES string of the molecule is CCOC(=O)[C@@]1(c2ccc([N+](=O)[O-])c(S(=O)(=O)NOCc3ccccc3)c2)CCCCN1C(=O)OC(C)(C)C. The van der Waals surface area contributed by atoms with Gasteiger partial charge in [0, 0.05) is 12.6 Å². The molecule has 0 unspecified atom stereocenters. The molecule has 1 aliphatic heterocycles. The molecule has 0 bridgehead atoms. The number of benzene rings is 2. The summed E-state index contributed by atoms with van der Waals surface area (Å²) in [5.41, 5.74) is -2.66. The van der Waals surface area contributed by atoms with Gasteiger partial charge in [-0.1, -0.05) is 35.2 Å². The Hall–Kier alpha value is -3.55. The Balaban J connectivity index is 2.10. The van der Waals surface area contributed by atoms with Crippen molar-refractivity contribution >= 4 is 27.8 Å². The normalized spacial score (nSPS) is 17.9. The van der Waals surface area contributed by atoms with Crippen LogP contribution in [-0.4, -0.2) is 49.1 Å². The molecule has 13 heteroatoms. The number of hydrogen-bond acceptors (Lipinski definition) is 9. The fraction of sp³-hybridized carbons (Fsp3) is 0.462. The quantitative estimate of drug-likeness (QED) is 0.269. The number of rotatable bonds is 9. The zero-order chi connectivity index (χ0) is 28.8. The van der Waals surface area contributed by atoms with Crippen LogP contribution < -0.4 is 4.89 Å². The van der Waals surface area contributed by atoms with Crippen LogP contribution in [0.2, 0.25) is 0 Å². The van der Waals surface area contributed by atoms with Gasteiger partial charge in [0.2, 0.25) is 0 Å². The van der Waals surface area contributed by atoms with Gasteiger partial charge in [-0.15, -0.1) is 0 Å². The molecule has 12 nitrogen and oxygen atoms in total. The first-order valence-corrected chi connectivity index (χ1v) is 13.9. The van der Waals surface area contributed by atoms with Crippen molar-refractivity contribution in [3.8, 4) is 0 Å². The van der Waals surface area contributed by atoms with Crippen LogP contribution in [0.3, 0.4) is 0 Å². The highest BCUT2D eigenvalue weighted by molar-refractivity contribution is 7.89. The van der Waals surface area contributed by atoms with E-state index in [1.54, 1.807) is 58.0 Å². The van der Waals surface area contributed by atoms with Crippen LogP contribution in [0.15, 0.2) is 53.4 Å². The maximum absolute atomic E-state index is 13.5. The smallest absolute Gasteiger partial charge is 0.411 e. The van der Waals surface area contributed by atoms with Crippen LogP contribution in [0.1, 0.15) is 58.1 Å². The molecule has 2 aromatic rings. The summed E-state index contributed by atoms with van der Waals surface area (Å²) in [6.07, 6.45) is 0.380. The van der Waals surface area contributed by atoms with Crippen molar-refractivity contribution in [1.82, 2.24) is 9.79 Å². The standard InChI is InChI=1S/C26H33N3O9S/c1-5-36-23(30)26(15-9-10-16-28(26)24(31)38-25(2,3)4)20-13-14-21(29(32)33)22(17-20)39(34,35)27-37-18-19-11-7-6-8-12-19/h6-8,11-14,17,27H,5,9-10,15-16,18H2,1-4H3/t26-/m0/s1. The van der Waals surface area contributed by atoms with Gasteiger partial charge in [0.25, 0.3) is 15.7 Å². The first-order chi connectivity index (χ1) is 18.3. The number of nitrogens with one attached hydrogen (secondary N) is 1. The number of piperidine rings is 1. The third kappa shape index (κ3) is 6.91. The number of sulfonamides is 1. The minimum Gasteiger partial charge on any atom is -0.464 e. The van der Waals surface area contributed by atoms with Gasteiger partial charge in [-0.25, -0.2) is 18.0 Å². The minimum atomic E-state index is -4.60. The highest BCUT2D eigenvalue weighted by Crippen LogP contribution is 2.42. The lowest BCUT2D eigenvalue weighted by atomic mass is 9.80. The van der Waals surface area contributed by atoms with Gasteiger partial charge in [-0.2, -0.15) is 0 Å². The molecule has 1 N–H and O–H groups in total. The number of carbonyl (C=O) groups is 2. The zero-order valence-corrected chi connectivity index (χ0v) is 23.2. The van der Waals surface area contributed by atoms with E-state index >= 15 is 0 Å². The Bertz CT molecular complexity index is 1310. The molecule has 0 spiro atoms. The summed E-state index contributed by atoms with van der Waals surface area (Å²) in [5, 5.41) is 11.8. The van der Waals surface area contributed by atoms with Crippen LogP contribution >= 0.6 is 0 Å². The predicted molar refractivity (Wildman–Crippen MR) is 140 cm³/mol. The number of nitrogens with zero attached hydrogens (tertiary/aromatic N) is 2. The molecule has 1 heterocycles. The molecule has 0 aromatic heterocycles. The fourth-order valence-corrected chi connectivity index (χ4v) is 5.37. The molecule has 1 fully saturated rings. The average Bonchev–Trinajstić information content (AvgIpc) is 2.87. The van der Waals surface area contributed by atoms with Crippen molar-refractivity contribution in [1.29, 1.82) is 0 Å². The zero-order valence-electron chi connectivity index (χ0n) is 22.3. The summed E-state index contributed by atoms with van der Waals surface area (Å²) < 4.78 is 37.4. The number of ether oxygens (including phenoxy) is 2. The topological polar surface area (TPSA) is 154 Å². The van der Waals surface area contributed by atoms with E-state index in [-0.39, 0.29) is 31.7 Å². The molecule has 1 amide bonds. The summed E-state index contributed by atoms with van der Waals surface area (Å²) in [6.45, 7) is 6.63. The van der Waals surface area contributed by atoms with E-state index < -0.39 is 48.7 Å². The molecule has 0 aliphatic carbocycles. The van der Waals surface area contributed by atoms with Gasteiger partial charge in [-0.3, -0.25) is 19.9 Å². The number of amides is 1. The van der Waals surface area contributed by atoms with Crippen molar-refractivity contribution in [3.63, 3.8) is 0 Å². The lowest BCUT2D eigenvalue weighted by molar-refractivity contribution is -0.387. The van der Waals surface area contributed by atoms with E-state index in [2.05, 4.69) is 0 Å². The maximum atomic E-state index is 13.5. The van der Waals surface area contributed by atoms with Gasteiger partial charge < -0.3 is 9.47 Å². The predicted octanol–water partition coefficient (Wildman–Crippen LogP) is 4.18. The first kappa shape index (κ1) is 30.0.